The van der Waals surface area contributed by atoms with Gasteiger partial charge in [-0.25, -0.2) is 0 Å². The lowest BCUT2D eigenvalue weighted by molar-refractivity contribution is -0.151. The van der Waals surface area contributed by atoms with Gasteiger partial charge in [-0.1, -0.05) is 6.07 Å². The molecular weight excluding hydrogens is 254 g/mol. The van der Waals surface area contributed by atoms with Crippen LogP contribution in [0.25, 0.3) is 0 Å². The van der Waals surface area contributed by atoms with Gasteiger partial charge in [0, 0.05) is 0 Å². The fourth-order valence-corrected chi connectivity index (χ4v) is 2.82. The summed E-state index contributed by atoms with van der Waals surface area (Å²) in [5.74, 6) is 0.688. The van der Waals surface area contributed by atoms with Crippen molar-refractivity contribution in [2.45, 2.75) is 38.6 Å². The first-order valence-electron chi connectivity index (χ1n) is 7.11. The number of rotatable bonds is 4. The summed E-state index contributed by atoms with van der Waals surface area (Å²) < 4.78 is 10.3. The van der Waals surface area contributed by atoms with Crippen LogP contribution in [0.4, 0.5) is 0 Å². The van der Waals surface area contributed by atoms with E-state index in [-0.39, 0.29) is 11.9 Å². The van der Waals surface area contributed by atoms with Crippen molar-refractivity contribution >= 4 is 5.97 Å². The van der Waals surface area contributed by atoms with E-state index in [0.717, 1.165) is 25.0 Å². The summed E-state index contributed by atoms with van der Waals surface area (Å²) in [4.78, 5) is 12.0. The van der Waals surface area contributed by atoms with E-state index in [0.29, 0.717) is 6.61 Å². The number of nitrogens with two attached hydrogens (primary N) is 1. The molecule has 4 nitrogen and oxygen atoms in total. The lowest BCUT2D eigenvalue weighted by atomic mass is 9.74. The van der Waals surface area contributed by atoms with Crippen LogP contribution in [0.1, 0.15) is 31.4 Å². The lowest BCUT2D eigenvalue weighted by Gasteiger charge is -2.35. The molecule has 2 atom stereocenters. The van der Waals surface area contributed by atoms with E-state index in [1.54, 1.807) is 21.0 Å². The third-order valence-corrected chi connectivity index (χ3v) is 4.21. The Kier molecular flexibility index (Phi) is 4.33. The van der Waals surface area contributed by atoms with Crippen LogP contribution in [-0.4, -0.2) is 25.2 Å². The highest BCUT2D eigenvalue weighted by Crippen LogP contribution is 2.33. The van der Waals surface area contributed by atoms with Gasteiger partial charge in [0.05, 0.1) is 13.7 Å². The largest absolute Gasteiger partial charge is 0.497 e. The summed E-state index contributed by atoms with van der Waals surface area (Å²) in [6.07, 6.45) is 2.63. The standard InChI is InChI=1S/C16H23NO3/c1-4-20-15(18)16(2,17)13-7-5-12-10-14(19-3)8-6-11(12)9-13/h6,8,10,13H,4-5,7,9,17H2,1-3H3/t13-,16-/m0/s1. The van der Waals surface area contributed by atoms with Crippen molar-refractivity contribution in [1.82, 2.24) is 0 Å². The van der Waals surface area contributed by atoms with Crippen molar-refractivity contribution < 1.29 is 14.3 Å². The summed E-state index contributed by atoms with van der Waals surface area (Å²) in [6.45, 7) is 3.95. The molecule has 0 unspecified atom stereocenters. The van der Waals surface area contributed by atoms with Crippen molar-refractivity contribution in [2.75, 3.05) is 13.7 Å². The van der Waals surface area contributed by atoms with Gasteiger partial charge in [-0.05, 0) is 62.3 Å². The van der Waals surface area contributed by atoms with Crippen LogP contribution in [0.15, 0.2) is 18.2 Å². The zero-order valence-electron chi connectivity index (χ0n) is 12.4. The van der Waals surface area contributed by atoms with Crippen LogP contribution < -0.4 is 10.5 Å². The molecule has 1 aromatic rings. The Labute approximate surface area is 120 Å². The molecule has 0 saturated heterocycles. The van der Waals surface area contributed by atoms with Gasteiger partial charge in [-0.15, -0.1) is 0 Å². The number of hydrogen-bond acceptors (Lipinski definition) is 4. The summed E-state index contributed by atoms with van der Waals surface area (Å²) in [7, 11) is 1.67. The molecule has 0 saturated carbocycles. The number of ether oxygens (including phenoxy) is 2. The molecule has 0 spiro atoms. The summed E-state index contributed by atoms with van der Waals surface area (Å²) in [5, 5.41) is 0. The number of hydrogen-bond donors (Lipinski definition) is 1. The average Bonchev–Trinajstić information content (AvgIpc) is 2.46. The van der Waals surface area contributed by atoms with Crippen LogP contribution in [0.2, 0.25) is 0 Å². The van der Waals surface area contributed by atoms with Crippen molar-refractivity contribution in [3.8, 4) is 5.75 Å². The minimum atomic E-state index is -0.923. The molecule has 1 aromatic carbocycles. The molecule has 0 fully saturated rings. The Morgan fingerprint density at radius 2 is 2.20 bits per heavy atom. The van der Waals surface area contributed by atoms with E-state index >= 15 is 0 Å². The van der Waals surface area contributed by atoms with Crippen molar-refractivity contribution in [2.24, 2.45) is 11.7 Å². The molecule has 2 N–H and O–H groups in total. The van der Waals surface area contributed by atoms with Gasteiger partial charge in [0.25, 0.3) is 0 Å². The Balaban J connectivity index is 2.16. The first-order valence-corrected chi connectivity index (χ1v) is 7.11. The molecular formula is C16H23NO3. The van der Waals surface area contributed by atoms with Crippen LogP contribution in [0.5, 0.6) is 5.75 Å². The summed E-state index contributed by atoms with van der Waals surface area (Å²) in [5.41, 5.74) is 7.86. The van der Waals surface area contributed by atoms with E-state index in [2.05, 4.69) is 12.1 Å². The normalized spacial score (nSPS) is 20.7. The molecule has 20 heavy (non-hydrogen) atoms. The number of carbonyl (C=O) groups is 1. The predicted octanol–water partition coefficient (Wildman–Crippen LogP) is 2.08. The molecule has 4 heteroatoms. The van der Waals surface area contributed by atoms with Gasteiger partial charge in [-0.3, -0.25) is 4.79 Å². The summed E-state index contributed by atoms with van der Waals surface area (Å²) in [6, 6.07) is 6.10. The first kappa shape index (κ1) is 14.9. The molecule has 0 bridgehead atoms. The summed E-state index contributed by atoms with van der Waals surface area (Å²) >= 11 is 0. The first-order chi connectivity index (χ1) is 9.48. The van der Waals surface area contributed by atoms with Crippen molar-refractivity contribution in [3.05, 3.63) is 29.3 Å². The highest BCUT2D eigenvalue weighted by Gasteiger charge is 2.40. The Bertz CT molecular complexity index is 496. The molecule has 0 aliphatic heterocycles. The Hall–Kier alpha value is -1.55. The minimum absolute atomic E-state index is 0.113. The zero-order chi connectivity index (χ0) is 14.8. The van der Waals surface area contributed by atoms with E-state index in [1.165, 1.54) is 11.1 Å². The quantitative estimate of drug-likeness (QED) is 0.856. The molecule has 1 aliphatic carbocycles. The molecule has 0 heterocycles. The highest BCUT2D eigenvalue weighted by molar-refractivity contribution is 5.80. The van der Waals surface area contributed by atoms with Gasteiger partial charge >= 0.3 is 5.97 Å². The number of esters is 1. The maximum atomic E-state index is 12.0. The van der Waals surface area contributed by atoms with E-state index in [9.17, 15) is 4.79 Å². The van der Waals surface area contributed by atoms with Crippen molar-refractivity contribution in [3.63, 3.8) is 0 Å². The second-order valence-electron chi connectivity index (χ2n) is 5.58. The highest BCUT2D eigenvalue weighted by atomic mass is 16.5. The van der Waals surface area contributed by atoms with E-state index in [4.69, 9.17) is 15.2 Å². The van der Waals surface area contributed by atoms with Gasteiger partial charge in [-0.2, -0.15) is 0 Å². The smallest absolute Gasteiger partial charge is 0.326 e. The van der Waals surface area contributed by atoms with Gasteiger partial charge < -0.3 is 15.2 Å². The monoisotopic (exact) mass is 277 g/mol. The lowest BCUT2D eigenvalue weighted by Crippen LogP contribution is -2.54. The van der Waals surface area contributed by atoms with Crippen LogP contribution >= 0.6 is 0 Å². The molecule has 0 radical (unpaired) electrons. The molecule has 0 amide bonds. The van der Waals surface area contributed by atoms with Crippen LogP contribution in [0.3, 0.4) is 0 Å². The SMILES string of the molecule is CCOC(=O)[C@@](C)(N)[C@H]1CCc2cc(OC)ccc2C1. The fraction of sp³-hybridized carbons (Fsp3) is 0.562. The van der Waals surface area contributed by atoms with Crippen LogP contribution in [0, 0.1) is 5.92 Å². The average molecular weight is 277 g/mol. The zero-order valence-corrected chi connectivity index (χ0v) is 12.4. The predicted molar refractivity (Wildman–Crippen MR) is 77.7 cm³/mol. The van der Waals surface area contributed by atoms with Crippen LogP contribution in [-0.2, 0) is 22.4 Å². The van der Waals surface area contributed by atoms with Crippen molar-refractivity contribution in [1.29, 1.82) is 0 Å². The van der Waals surface area contributed by atoms with E-state index < -0.39 is 5.54 Å². The number of carbonyl (C=O) groups excluding carboxylic acids is 1. The number of benzene rings is 1. The third kappa shape index (κ3) is 2.80. The molecule has 1 aliphatic rings. The number of fused-ring (bicyclic) bond motifs is 1. The minimum Gasteiger partial charge on any atom is -0.497 e. The topological polar surface area (TPSA) is 61.5 Å². The van der Waals surface area contributed by atoms with Gasteiger partial charge in [0.1, 0.15) is 11.3 Å². The Morgan fingerprint density at radius 3 is 2.85 bits per heavy atom. The molecule has 110 valence electrons. The van der Waals surface area contributed by atoms with Gasteiger partial charge in [0.15, 0.2) is 0 Å². The molecule has 0 aromatic heterocycles. The Morgan fingerprint density at radius 1 is 1.45 bits per heavy atom. The fourth-order valence-electron chi connectivity index (χ4n) is 2.82. The molecule has 2 rings (SSSR count). The maximum absolute atomic E-state index is 12.0. The van der Waals surface area contributed by atoms with E-state index in [1.807, 2.05) is 6.07 Å². The number of methoxy groups -OCH3 is 1. The third-order valence-electron chi connectivity index (χ3n) is 4.21. The maximum Gasteiger partial charge on any atom is 0.326 e. The second-order valence-corrected chi connectivity index (χ2v) is 5.58. The second kappa shape index (κ2) is 5.83. The number of aryl methyl sites for hydroxylation is 1. The van der Waals surface area contributed by atoms with Gasteiger partial charge in [0.2, 0.25) is 0 Å².